The summed E-state index contributed by atoms with van der Waals surface area (Å²) in [6.07, 6.45) is 5.81. The molecule has 1 amide bonds. The van der Waals surface area contributed by atoms with E-state index < -0.39 is 0 Å². The average Bonchev–Trinajstić information content (AvgIpc) is 2.64. The highest BCUT2D eigenvalue weighted by Gasteiger charge is 2.26. The van der Waals surface area contributed by atoms with Crippen LogP contribution < -0.4 is 0 Å². The number of rotatable bonds is 3. The van der Waals surface area contributed by atoms with Gasteiger partial charge in [-0.1, -0.05) is 43.3 Å². The van der Waals surface area contributed by atoms with Crippen LogP contribution in [0.5, 0.6) is 0 Å². The van der Waals surface area contributed by atoms with E-state index in [2.05, 4.69) is 24.8 Å². The molecule has 2 aromatic rings. The molecule has 0 saturated carbocycles. The van der Waals surface area contributed by atoms with Crippen molar-refractivity contribution in [2.24, 2.45) is 11.8 Å². The molecule has 0 bridgehead atoms. The summed E-state index contributed by atoms with van der Waals surface area (Å²) < 4.78 is 0. The molecule has 1 aromatic heterocycles. The summed E-state index contributed by atoms with van der Waals surface area (Å²) in [6.45, 7) is 6.27. The van der Waals surface area contributed by atoms with Gasteiger partial charge in [-0.15, -0.1) is 0 Å². The van der Waals surface area contributed by atoms with Crippen LogP contribution in [0.25, 0.3) is 10.9 Å². The van der Waals surface area contributed by atoms with E-state index in [-0.39, 0.29) is 5.91 Å². The first-order chi connectivity index (χ1) is 13.0. The molecule has 1 aromatic carbocycles. The first kappa shape index (κ1) is 19.1. The van der Waals surface area contributed by atoms with Crippen LogP contribution >= 0.6 is 23.4 Å². The Labute approximate surface area is 170 Å². The minimum Gasteiger partial charge on any atom is -0.341 e. The van der Waals surface area contributed by atoms with Crippen LogP contribution in [0.2, 0.25) is 5.02 Å². The minimum atomic E-state index is 0.246. The Morgan fingerprint density at radius 3 is 2.63 bits per heavy atom. The zero-order valence-electron chi connectivity index (χ0n) is 16.1. The summed E-state index contributed by atoms with van der Waals surface area (Å²) in [5, 5.41) is 2.98. The van der Waals surface area contributed by atoms with Crippen molar-refractivity contribution in [2.45, 2.75) is 51.0 Å². The second kappa shape index (κ2) is 8.00. The van der Waals surface area contributed by atoms with E-state index in [1.165, 1.54) is 35.8 Å². The topological polar surface area (TPSA) is 33.2 Å². The fourth-order valence-electron chi connectivity index (χ4n) is 4.68. The van der Waals surface area contributed by atoms with E-state index in [4.69, 9.17) is 16.6 Å². The molecule has 144 valence electrons. The van der Waals surface area contributed by atoms with Crippen molar-refractivity contribution >= 4 is 40.2 Å². The Balaban J connectivity index is 1.57. The second-order valence-electron chi connectivity index (χ2n) is 8.28. The number of halogens is 1. The molecule has 3 nitrogen and oxygen atoms in total. The molecule has 2 aliphatic rings. The molecule has 1 saturated heterocycles. The smallest absolute Gasteiger partial charge is 0.233 e. The highest BCUT2D eigenvalue weighted by molar-refractivity contribution is 7.99. The van der Waals surface area contributed by atoms with E-state index in [9.17, 15) is 4.79 Å². The average molecular weight is 403 g/mol. The number of carbonyl (C=O) groups excluding carboxylic acids is 1. The predicted molar refractivity (Wildman–Crippen MR) is 114 cm³/mol. The molecule has 0 spiro atoms. The Morgan fingerprint density at radius 2 is 1.89 bits per heavy atom. The van der Waals surface area contributed by atoms with Gasteiger partial charge in [-0.05, 0) is 67.2 Å². The van der Waals surface area contributed by atoms with E-state index in [0.717, 1.165) is 36.5 Å². The van der Waals surface area contributed by atoms with Gasteiger partial charge in [0.1, 0.15) is 5.03 Å². The molecule has 1 aliphatic carbocycles. The maximum Gasteiger partial charge on any atom is 0.233 e. The molecule has 0 N–H and O–H groups in total. The lowest BCUT2D eigenvalue weighted by Crippen LogP contribution is -2.43. The summed E-state index contributed by atoms with van der Waals surface area (Å²) in [6, 6.07) is 6.01. The second-order valence-corrected chi connectivity index (χ2v) is 9.68. The monoisotopic (exact) mass is 402 g/mol. The van der Waals surface area contributed by atoms with Crippen LogP contribution in [0.3, 0.4) is 0 Å². The van der Waals surface area contributed by atoms with Gasteiger partial charge in [0.25, 0.3) is 0 Å². The summed E-state index contributed by atoms with van der Waals surface area (Å²) in [5.74, 6) is 1.91. The van der Waals surface area contributed by atoms with Crippen LogP contribution in [0, 0.1) is 11.8 Å². The van der Waals surface area contributed by atoms with Gasteiger partial charge in [-0.3, -0.25) is 4.79 Å². The number of aromatic nitrogens is 1. The molecule has 5 heteroatoms. The van der Waals surface area contributed by atoms with E-state index in [1.54, 1.807) is 11.8 Å². The molecule has 2 atom stereocenters. The summed E-state index contributed by atoms with van der Waals surface area (Å²) in [7, 11) is 0. The number of carbonyl (C=O) groups is 1. The van der Waals surface area contributed by atoms with Crippen LogP contribution in [0.1, 0.15) is 44.2 Å². The lowest BCUT2D eigenvalue weighted by Gasteiger charge is -2.35. The predicted octanol–water partition coefficient (Wildman–Crippen LogP) is 5.36. The zero-order valence-corrected chi connectivity index (χ0v) is 17.7. The molecule has 0 unspecified atom stereocenters. The van der Waals surface area contributed by atoms with Crippen molar-refractivity contribution in [3.63, 3.8) is 0 Å². The van der Waals surface area contributed by atoms with Gasteiger partial charge in [0.05, 0.1) is 11.3 Å². The zero-order chi connectivity index (χ0) is 19.0. The number of likely N-dealkylation sites (tertiary alicyclic amines) is 1. The lowest BCUT2D eigenvalue weighted by molar-refractivity contribution is -0.130. The normalized spacial score (nSPS) is 22.7. The summed E-state index contributed by atoms with van der Waals surface area (Å²) >= 11 is 7.82. The maximum absolute atomic E-state index is 12.8. The first-order valence-corrected chi connectivity index (χ1v) is 11.4. The molecule has 27 heavy (non-hydrogen) atoms. The van der Waals surface area contributed by atoms with Crippen molar-refractivity contribution in [1.29, 1.82) is 0 Å². The fourth-order valence-corrected chi connectivity index (χ4v) is 5.85. The van der Waals surface area contributed by atoms with Crippen molar-refractivity contribution in [2.75, 3.05) is 18.8 Å². The number of fused-ring (bicyclic) bond motifs is 3. The minimum absolute atomic E-state index is 0.246. The van der Waals surface area contributed by atoms with Crippen molar-refractivity contribution in [3.05, 3.63) is 34.3 Å². The quantitative estimate of drug-likeness (QED) is 0.647. The molecular weight excluding hydrogens is 376 g/mol. The number of hydrogen-bond donors (Lipinski definition) is 0. The van der Waals surface area contributed by atoms with Gasteiger partial charge < -0.3 is 4.90 Å². The van der Waals surface area contributed by atoms with Gasteiger partial charge >= 0.3 is 0 Å². The number of nitrogens with zero attached hydrogens (tertiary/aromatic N) is 2. The Morgan fingerprint density at radius 1 is 1.19 bits per heavy atom. The molecular formula is C22H27ClN2OS. The number of piperidine rings is 1. The SMILES string of the molecule is C[C@H]1C[C@H](C)CN(C(=O)CSc2nc3cc(Cl)ccc3c3c2CCCC3)C1. The third-order valence-corrected chi connectivity index (χ3v) is 7.02. The number of benzene rings is 1. The van der Waals surface area contributed by atoms with Gasteiger partial charge in [-0.2, -0.15) is 0 Å². The highest BCUT2D eigenvalue weighted by Crippen LogP contribution is 2.35. The third-order valence-electron chi connectivity index (χ3n) is 5.79. The van der Waals surface area contributed by atoms with Gasteiger partial charge in [0, 0.05) is 23.5 Å². The standard InChI is InChI=1S/C22H27ClN2OS/c1-14-9-15(2)12-25(11-14)21(26)13-27-22-19-6-4-3-5-17(19)18-8-7-16(23)10-20(18)24-22/h7-8,10,14-15H,3-6,9,11-13H2,1-2H3/t14-,15-/m0/s1. The molecule has 4 rings (SSSR count). The van der Waals surface area contributed by atoms with Crippen LogP contribution in [0.4, 0.5) is 0 Å². The number of amides is 1. The number of hydrogen-bond acceptors (Lipinski definition) is 3. The van der Waals surface area contributed by atoms with Gasteiger partial charge in [0.2, 0.25) is 5.91 Å². The van der Waals surface area contributed by atoms with Gasteiger partial charge in [0.15, 0.2) is 0 Å². The third kappa shape index (κ3) is 4.12. The Bertz CT molecular complexity index is 859. The van der Waals surface area contributed by atoms with Crippen LogP contribution in [-0.2, 0) is 17.6 Å². The van der Waals surface area contributed by atoms with Crippen molar-refractivity contribution < 1.29 is 4.79 Å². The lowest BCUT2D eigenvalue weighted by atomic mass is 9.90. The molecule has 0 radical (unpaired) electrons. The maximum atomic E-state index is 12.8. The largest absolute Gasteiger partial charge is 0.341 e. The Kier molecular flexibility index (Phi) is 5.65. The fraction of sp³-hybridized carbons (Fsp3) is 0.545. The molecule has 1 fully saturated rings. The van der Waals surface area contributed by atoms with Crippen molar-refractivity contribution in [3.8, 4) is 0 Å². The van der Waals surface area contributed by atoms with Crippen LogP contribution in [0.15, 0.2) is 23.2 Å². The summed E-state index contributed by atoms with van der Waals surface area (Å²) in [4.78, 5) is 19.8. The highest BCUT2D eigenvalue weighted by atomic mass is 35.5. The number of thioether (sulfide) groups is 1. The summed E-state index contributed by atoms with van der Waals surface area (Å²) in [5.41, 5.74) is 3.73. The van der Waals surface area contributed by atoms with E-state index >= 15 is 0 Å². The van der Waals surface area contributed by atoms with Crippen LogP contribution in [-0.4, -0.2) is 34.6 Å². The number of pyridine rings is 1. The Hall–Kier alpha value is -1.26. The number of aryl methyl sites for hydroxylation is 1. The first-order valence-electron chi connectivity index (χ1n) is 10.0. The molecule has 1 aliphatic heterocycles. The van der Waals surface area contributed by atoms with Gasteiger partial charge in [-0.25, -0.2) is 4.98 Å². The van der Waals surface area contributed by atoms with E-state index in [1.807, 2.05) is 12.1 Å². The molecule has 2 heterocycles. The van der Waals surface area contributed by atoms with E-state index in [0.29, 0.717) is 22.6 Å². The van der Waals surface area contributed by atoms with Crippen molar-refractivity contribution in [1.82, 2.24) is 9.88 Å².